The van der Waals surface area contributed by atoms with Crippen LogP contribution in [0.3, 0.4) is 0 Å². The molecule has 9 nitrogen and oxygen atoms in total. The van der Waals surface area contributed by atoms with Gasteiger partial charge in [0.05, 0.1) is 10.6 Å². The lowest BCUT2D eigenvalue weighted by Gasteiger charge is -2.34. The second kappa shape index (κ2) is 11.9. The number of amides is 2. The molecule has 198 valence electrons. The van der Waals surface area contributed by atoms with Crippen molar-refractivity contribution in [3.63, 3.8) is 0 Å². The van der Waals surface area contributed by atoms with Crippen molar-refractivity contribution in [3.8, 4) is 11.3 Å². The van der Waals surface area contributed by atoms with Crippen LogP contribution in [0.25, 0.3) is 11.3 Å². The van der Waals surface area contributed by atoms with Gasteiger partial charge in [0.15, 0.2) is 0 Å². The zero-order valence-electron chi connectivity index (χ0n) is 21.4. The van der Waals surface area contributed by atoms with Gasteiger partial charge in [-0.3, -0.25) is 9.59 Å². The first-order chi connectivity index (χ1) is 19.0. The molecule has 4 aromatic rings. The first kappa shape index (κ1) is 26.1. The molecule has 0 spiro atoms. The molecule has 3 aromatic carbocycles. The maximum Gasteiger partial charge on any atom is 0.253 e. The Balaban J connectivity index is 1.20. The molecule has 2 N–H and O–H groups in total. The molecular weight excluding hydrogens is 512 g/mol. The highest BCUT2D eigenvalue weighted by molar-refractivity contribution is 7.86. The second-order valence-corrected chi connectivity index (χ2v) is 10.2. The lowest BCUT2D eigenvalue weighted by Crippen LogP contribution is -2.50. The van der Waals surface area contributed by atoms with E-state index in [1.54, 1.807) is 35.1 Å². The third-order valence-electron chi connectivity index (χ3n) is 6.40. The molecule has 0 saturated carbocycles. The van der Waals surface area contributed by atoms with Crippen LogP contribution in [-0.4, -0.2) is 62.0 Å². The van der Waals surface area contributed by atoms with E-state index in [9.17, 15) is 13.8 Å². The molecule has 0 aliphatic carbocycles. The highest BCUT2D eigenvalue weighted by atomic mass is 32.2. The number of piperazine rings is 1. The maximum atomic E-state index is 12.9. The number of carbonyl (C=O) groups is 2. The normalized spacial score (nSPS) is 14.0. The van der Waals surface area contributed by atoms with Crippen molar-refractivity contribution in [2.75, 3.05) is 36.2 Å². The van der Waals surface area contributed by atoms with Crippen LogP contribution >= 0.6 is 0 Å². The summed E-state index contributed by atoms with van der Waals surface area (Å²) in [6.45, 7) is 3.72. The fourth-order valence-corrected chi connectivity index (χ4v) is 5.10. The van der Waals surface area contributed by atoms with Gasteiger partial charge in [0.1, 0.15) is 11.0 Å². The summed E-state index contributed by atoms with van der Waals surface area (Å²) in [4.78, 5) is 37.6. The molecule has 1 saturated heterocycles. The Morgan fingerprint density at radius 2 is 1.44 bits per heavy atom. The van der Waals surface area contributed by atoms with Gasteiger partial charge in [0.2, 0.25) is 11.9 Å². The summed E-state index contributed by atoms with van der Waals surface area (Å²) in [6, 6.07) is 25.8. The van der Waals surface area contributed by atoms with Crippen molar-refractivity contribution in [2.24, 2.45) is 0 Å². The van der Waals surface area contributed by atoms with Gasteiger partial charge in [-0.25, -0.2) is 14.2 Å². The second-order valence-electron chi connectivity index (χ2n) is 9.03. The Morgan fingerprint density at radius 1 is 0.795 bits per heavy atom. The van der Waals surface area contributed by atoms with Gasteiger partial charge >= 0.3 is 0 Å². The zero-order chi connectivity index (χ0) is 27.2. The van der Waals surface area contributed by atoms with Crippen molar-refractivity contribution in [2.45, 2.75) is 11.8 Å². The summed E-state index contributed by atoms with van der Waals surface area (Å²) >= 11 is 0. The average Bonchev–Trinajstić information content (AvgIpc) is 2.98. The number of hydrogen-bond donors (Lipinski definition) is 2. The van der Waals surface area contributed by atoms with Crippen LogP contribution in [0, 0.1) is 0 Å². The fraction of sp³-hybridized carbons (Fsp3) is 0.172. The predicted octanol–water partition coefficient (Wildman–Crippen LogP) is 4.33. The van der Waals surface area contributed by atoms with E-state index in [4.69, 9.17) is 0 Å². The third-order valence-corrected chi connectivity index (χ3v) is 7.53. The standard InChI is InChI=1S/C29H28N6O3S/c1-21(36)34-17-19-35(20-18-34)28(37)23-9-11-24(12-10-23)31-29-30-16-15-27(32-29)22-7-13-25(14-8-22)33-39(38)26-5-3-2-4-6-26/h2-16,33H,17-20H2,1H3,(H,30,31,32). The maximum absolute atomic E-state index is 12.9. The van der Waals surface area contributed by atoms with Gasteiger partial charge in [-0.1, -0.05) is 30.3 Å². The Bertz CT molecular complexity index is 1470. The number of carbonyl (C=O) groups excluding carboxylic acids is 2. The van der Waals surface area contributed by atoms with E-state index in [0.717, 1.165) is 22.6 Å². The van der Waals surface area contributed by atoms with E-state index >= 15 is 0 Å². The van der Waals surface area contributed by atoms with Crippen molar-refractivity contribution >= 4 is 40.1 Å². The molecule has 2 amide bonds. The number of nitrogens with zero attached hydrogens (tertiary/aromatic N) is 4. The average molecular weight is 541 g/mol. The highest BCUT2D eigenvalue weighted by Crippen LogP contribution is 2.23. The molecule has 1 atom stereocenters. The fourth-order valence-electron chi connectivity index (χ4n) is 4.23. The lowest BCUT2D eigenvalue weighted by atomic mass is 10.1. The molecule has 1 aromatic heterocycles. The number of nitrogens with one attached hydrogen (secondary N) is 2. The first-order valence-electron chi connectivity index (χ1n) is 12.5. The van der Waals surface area contributed by atoms with Crippen molar-refractivity contribution in [3.05, 3.63) is 96.7 Å². The summed E-state index contributed by atoms with van der Waals surface area (Å²) in [6.07, 6.45) is 1.68. The minimum absolute atomic E-state index is 0.0364. The van der Waals surface area contributed by atoms with E-state index < -0.39 is 11.0 Å². The Kier molecular flexibility index (Phi) is 7.93. The number of anilines is 3. The minimum atomic E-state index is -1.35. The van der Waals surface area contributed by atoms with Crippen LogP contribution in [0.1, 0.15) is 17.3 Å². The topological polar surface area (TPSA) is 108 Å². The summed E-state index contributed by atoms with van der Waals surface area (Å²) in [5.74, 6) is 0.419. The monoisotopic (exact) mass is 540 g/mol. The summed E-state index contributed by atoms with van der Waals surface area (Å²) in [5.41, 5.74) is 3.71. The van der Waals surface area contributed by atoms with Crippen molar-refractivity contribution < 1.29 is 13.8 Å². The smallest absolute Gasteiger partial charge is 0.253 e. The molecule has 1 unspecified atom stereocenters. The Morgan fingerprint density at radius 3 is 2.10 bits per heavy atom. The van der Waals surface area contributed by atoms with E-state index in [2.05, 4.69) is 20.0 Å². The van der Waals surface area contributed by atoms with Gasteiger partial charge in [-0.05, 0) is 54.6 Å². The van der Waals surface area contributed by atoms with E-state index in [1.165, 1.54) is 0 Å². The molecule has 10 heteroatoms. The Labute approximate surface area is 229 Å². The predicted molar refractivity (Wildman–Crippen MR) is 152 cm³/mol. The molecule has 1 fully saturated rings. The van der Waals surface area contributed by atoms with Crippen LogP contribution in [0.4, 0.5) is 17.3 Å². The quantitative estimate of drug-likeness (QED) is 0.361. The van der Waals surface area contributed by atoms with Crippen LogP contribution in [0.2, 0.25) is 0 Å². The van der Waals surface area contributed by atoms with Crippen molar-refractivity contribution in [1.29, 1.82) is 0 Å². The lowest BCUT2D eigenvalue weighted by molar-refractivity contribution is -0.130. The van der Waals surface area contributed by atoms with Crippen LogP contribution in [-0.2, 0) is 15.8 Å². The van der Waals surface area contributed by atoms with Gasteiger partial charge < -0.3 is 19.8 Å². The number of aromatic nitrogens is 2. The van der Waals surface area contributed by atoms with Gasteiger partial charge in [0, 0.05) is 61.8 Å². The summed E-state index contributed by atoms with van der Waals surface area (Å²) in [7, 11) is -1.35. The highest BCUT2D eigenvalue weighted by Gasteiger charge is 2.23. The number of benzene rings is 3. The summed E-state index contributed by atoms with van der Waals surface area (Å²) < 4.78 is 15.5. The van der Waals surface area contributed by atoms with Gasteiger partial charge in [0.25, 0.3) is 5.91 Å². The van der Waals surface area contributed by atoms with Crippen LogP contribution in [0.5, 0.6) is 0 Å². The van der Waals surface area contributed by atoms with E-state index in [0.29, 0.717) is 42.6 Å². The molecule has 0 bridgehead atoms. The largest absolute Gasteiger partial charge is 0.339 e. The third kappa shape index (κ3) is 6.47. The molecule has 1 aliphatic heterocycles. The van der Waals surface area contributed by atoms with Gasteiger partial charge in [-0.2, -0.15) is 0 Å². The SMILES string of the molecule is CC(=O)N1CCN(C(=O)c2ccc(Nc3nccc(-c4ccc(NS(=O)c5ccccc5)cc4)n3)cc2)CC1. The molecule has 5 rings (SSSR count). The molecule has 0 radical (unpaired) electrons. The van der Waals surface area contributed by atoms with Crippen molar-refractivity contribution in [1.82, 2.24) is 19.8 Å². The Hall–Kier alpha value is -4.57. The first-order valence-corrected chi connectivity index (χ1v) is 13.7. The van der Waals surface area contributed by atoms with E-state index in [1.807, 2.05) is 72.8 Å². The minimum Gasteiger partial charge on any atom is -0.339 e. The van der Waals surface area contributed by atoms with E-state index in [-0.39, 0.29) is 11.8 Å². The number of rotatable bonds is 7. The van der Waals surface area contributed by atoms with Crippen LogP contribution < -0.4 is 10.0 Å². The molecular formula is C29H28N6O3S. The molecule has 2 heterocycles. The molecule has 1 aliphatic rings. The van der Waals surface area contributed by atoms with Gasteiger partial charge in [-0.15, -0.1) is 0 Å². The van der Waals surface area contributed by atoms with Crippen LogP contribution in [0.15, 0.2) is 96.0 Å². The number of hydrogen-bond acceptors (Lipinski definition) is 6. The molecule has 39 heavy (non-hydrogen) atoms. The zero-order valence-corrected chi connectivity index (χ0v) is 22.2. The summed E-state index contributed by atoms with van der Waals surface area (Å²) in [5, 5.41) is 3.19.